The van der Waals surface area contributed by atoms with Crippen molar-refractivity contribution in [2.75, 3.05) is 0 Å². The Balaban J connectivity index is 3.50. The van der Waals surface area contributed by atoms with Crippen LogP contribution in [-0.4, -0.2) is 0 Å². The first-order chi connectivity index (χ1) is 4.04. The summed E-state index contributed by atoms with van der Waals surface area (Å²) in [7, 11) is 0. The smallest absolute Gasteiger partial charge is 0.0118 e. The standard InChI is InChI=1S/C8H15Br/c1-6(2)7(3)5-8(4)9/h6-7H,4-5H2,1-3H3/t7-/m1/s1. The van der Waals surface area contributed by atoms with Gasteiger partial charge in [0.25, 0.3) is 0 Å². The van der Waals surface area contributed by atoms with Crippen molar-refractivity contribution in [3.8, 4) is 0 Å². The Hall–Kier alpha value is 0.220. The first kappa shape index (κ1) is 9.22. The summed E-state index contributed by atoms with van der Waals surface area (Å²) in [6.07, 6.45) is 1.09. The summed E-state index contributed by atoms with van der Waals surface area (Å²) in [6, 6.07) is 0. The molecule has 0 nitrogen and oxygen atoms in total. The van der Waals surface area contributed by atoms with E-state index in [1.54, 1.807) is 0 Å². The van der Waals surface area contributed by atoms with E-state index in [1.807, 2.05) is 0 Å². The van der Waals surface area contributed by atoms with Crippen molar-refractivity contribution in [2.24, 2.45) is 11.8 Å². The molecule has 1 heteroatoms. The molecule has 0 N–H and O–H groups in total. The summed E-state index contributed by atoms with van der Waals surface area (Å²) in [5.41, 5.74) is 0. The second-order valence-corrected chi connectivity index (χ2v) is 4.06. The highest BCUT2D eigenvalue weighted by atomic mass is 79.9. The minimum atomic E-state index is 0.747. The zero-order valence-electron chi connectivity index (χ0n) is 6.45. The summed E-state index contributed by atoms with van der Waals surface area (Å²) >= 11 is 3.35. The van der Waals surface area contributed by atoms with Crippen LogP contribution in [0.15, 0.2) is 11.1 Å². The molecule has 0 heterocycles. The van der Waals surface area contributed by atoms with Crippen LogP contribution < -0.4 is 0 Å². The maximum absolute atomic E-state index is 3.79. The molecule has 0 aliphatic carbocycles. The molecule has 0 radical (unpaired) electrons. The molecule has 0 amide bonds. The zero-order valence-corrected chi connectivity index (χ0v) is 8.03. The normalized spacial score (nSPS) is 13.9. The van der Waals surface area contributed by atoms with Gasteiger partial charge in [0, 0.05) is 0 Å². The van der Waals surface area contributed by atoms with Crippen LogP contribution in [0.2, 0.25) is 0 Å². The van der Waals surface area contributed by atoms with Crippen molar-refractivity contribution >= 4 is 15.9 Å². The summed E-state index contributed by atoms with van der Waals surface area (Å²) in [4.78, 5) is 0. The van der Waals surface area contributed by atoms with Gasteiger partial charge in [-0.3, -0.25) is 0 Å². The van der Waals surface area contributed by atoms with E-state index in [0.717, 1.165) is 22.7 Å². The fraction of sp³-hybridized carbons (Fsp3) is 0.750. The number of hydrogen-bond acceptors (Lipinski definition) is 0. The Kier molecular flexibility index (Phi) is 4.20. The van der Waals surface area contributed by atoms with Crippen molar-refractivity contribution in [3.63, 3.8) is 0 Å². The molecule has 0 saturated heterocycles. The van der Waals surface area contributed by atoms with Gasteiger partial charge < -0.3 is 0 Å². The van der Waals surface area contributed by atoms with Gasteiger partial charge in [-0.2, -0.15) is 0 Å². The molecule has 0 spiro atoms. The average molecular weight is 191 g/mol. The van der Waals surface area contributed by atoms with Gasteiger partial charge >= 0.3 is 0 Å². The van der Waals surface area contributed by atoms with Crippen LogP contribution >= 0.6 is 15.9 Å². The second-order valence-electron chi connectivity index (χ2n) is 2.94. The lowest BCUT2D eigenvalue weighted by Gasteiger charge is -2.13. The van der Waals surface area contributed by atoms with Crippen LogP contribution in [0.25, 0.3) is 0 Å². The number of halogens is 1. The van der Waals surface area contributed by atoms with E-state index in [-0.39, 0.29) is 0 Å². The summed E-state index contributed by atoms with van der Waals surface area (Å²) in [6.45, 7) is 10.5. The number of allylic oxidation sites excluding steroid dienone is 1. The van der Waals surface area contributed by atoms with E-state index < -0.39 is 0 Å². The minimum absolute atomic E-state index is 0.747. The maximum atomic E-state index is 3.79. The van der Waals surface area contributed by atoms with E-state index >= 15 is 0 Å². The highest BCUT2D eigenvalue weighted by molar-refractivity contribution is 9.11. The molecule has 0 unspecified atom stereocenters. The van der Waals surface area contributed by atoms with Crippen molar-refractivity contribution in [3.05, 3.63) is 11.1 Å². The minimum Gasteiger partial charge on any atom is -0.0889 e. The Morgan fingerprint density at radius 1 is 1.44 bits per heavy atom. The molecule has 54 valence electrons. The maximum Gasteiger partial charge on any atom is -0.0118 e. The van der Waals surface area contributed by atoms with E-state index in [9.17, 15) is 0 Å². The molecule has 0 aromatic heterocycles. The lowest BCUT2D eigenvalue weighted by atomic mass is 9.95. The van der Waals surface area contributed by atoms with Gasteiger partial charge in [-0.05, 0) is 22.7 Å². The Morgan fingerprint density at radius 2 is 1.89 bits per heavy atom. The molecule has 9 heavy (non-hydrogen) atoms. The van der Waals surface area contributed by atoms with Crippen molar-refractivity contribution < 1.29 is 0 Å². The molecule has 0 bridgehead atoms. The van der Waals surface area contributed by atoms with E-state index in [4.69, 9.17) is 0 Å². The van der Waals surface area contributed by atoms with Crippen LogP contribution in [0.1, 0.15) is 27.2 Å². The third-order valence-electron chi connectivity index (χ3n) is 1.68. The zero-order chi connectivity index (χ0) is 7.44. The lowest BCUT2D eigenvalue weighted by molar-refractivity contribution is 0.423. The largest absolute Gasteiger partial charge is 0.0889 e. The number of rotatable bonds is 3. The van der Waals surface area contributed by atoms with Crippen LogP contribution in [0.5, 0.6) is 0 Å². The van der Waals surface area contributed by atoms with E-state index in [2.05, 4.69) is 43.3 Å². The SMILES string of the molecule is C=C(Br)C[C@@H](C)C(C)C. The fourth-order valence-corrected chi connectivity index (χ4v) is 1.10. The van der Waals surface area contributed by atoms with Crippen LogP contribution in [-0.2, 0) is 0 Å². The van der Waals surface area contributed by atoms with Gasteiger partial charge in [-0.15, -0.1) is 0 Å². The van der Waals surface area contributed by atoms with Crippen molar-refractivity contribution in [1.29, 1.82) is 0 Å². The lowest BCUT2D eigenvalue weighted by Crippen LogP contribution is -2.02. The third-order valence-corrected chi connectivity index (χ3v) is 2.01. The summed E-state index contributed by atoms with van der Waals surface area (Å²) in [5.74, 6) is 1.51. The predicted molar refractivity (Wildman–Crippen MR) is 46.7 cm³/mol. The molecule has 1 atom stereocenters. The number of hydrogen-bond donors (Lipinski definition) is 0. The molecular weight excluding hydrogens is 176 g/mol. The first-order valence-corrected chi connectivity index (χ1v) is 4.16. The highest BCUT2D eigenvalue weighted by Crippen LogP contribution is 2.20. The topological polar surface area (TPSA) is 0 Å². The van der Waals surface area contributed by atoms with Crippen LogP contribution in [0.3, 0.4) is 0 Å². The van der Waals surface area contributed by atoms with Crippen molar-refractivity contribution in [1.82, 2.24) is 0 Å². The van der Waals surface area contributed by atoms with Crippen LogP contribution in [0, 0.1) is 11.8 Å². The van der Waals surface area contributed by atoms with Gasteiger partial charge in [-0.25, -0.2) is 0 Å². The van der Waals surface area contributed by atoms with Gasteiger partial charge in [0.05, 0.1) is 0 Å². The molecule has 0 aromatic carbocycles. The molecule has 0 saturated carbocycles. The first-order valence-electron chi connectivity index (χ1n) is 3.37. The van der Waals surface area contributed by atoms with Gasteiger partial charge in [0.1, 0.15) is 0 Å². The predicted octanol–water partition coefficient (Wildman–Crippen LogP) is 3.58. The fourth-order valence-electron chi connectivity index (χ4n) is 0.585. The Bertz CT molecular complexity index is 94.7. The molecule has 0 rings (SSSR count). The molecule has 0 aliphatic rings. The Morgan fingerprint density at radius 3 is 2.00 bits per heavy atom. The molecule has 0 fully saturated rings. The summed E-state index contributed by atoms with van der Waals surface area (Å²) < 4.78 is 1.11. The van der Waals surface area contributed by atoms with Crippen molar-refractivity contribution in [2.45, 2.75) is 27.2 Å². The van der Waals surface area contributed by atoms with Gasteiger partial charge in [0.2, 0.25) is 0 Å². The van der Waals surface area contributed by atoms with E-state index in [1.165, 1.54) is 0 Å². The molecule has 0 aliphatic heterocycles. The summed E-state index contributed by atoms with van der Waals surface area (Å²) in [5, 5.41) is 0. The molecule has 0 aromatic rings. The average Bonchev–Trinajstić information content (AvgIpc) is 1.63. The monoisotopic (exact) mass is 190 g/mol. The molecular formula is C8H15Br. The van der Waals surface area contributed by atoms with Gasteiger partial charge in [-0.1, -0.05) is 43.3 Å². The quantitative estimate of drug-likeness (QED) is 0.639. The van der Waals surface area contributed by atoms with Gasteiger partial charge in [0.15, 0.2) is 0 Å². The van der Waals surface area contributed by atoms with E-state index in [0.29, 0.717) is 0 Å². The second kappa shape index (κ2) is 4.10. The highest BCUT2D eigenvalue weighted by Gasteiger charge is 2.06. The van der Waals surface area contributed by atoms with Crippen LogP contribution in [0.4, 0.5) is 0 Å². The Labute approximate surface area is 66.5 Å². The third kappa shape index (κ3) is 4.71.